The van der Waals surface area contributed by atoms with E-state index >= 15 is 0 Å². The number of hydrogen-bond donors (Lipinski definition) is 0. The van der Waals surface area contributed by atoms with Crippen molar-refractivity contribution in [3.8, 4) is 0 Å². The molecule has 1 atom stereocenters. The zero-order chi connectivity index (χ0) is 21.3. The molecule has 0 saturated carbocycles. The van der Waals surface area contributed by atoms with Crippen molar-refractivity contribution in [1.82, 2.24) is 4.90 Å². The molecule has 2 amide bonds. The van der Waals surface area contributed by atoms with Gasteiger partial charge >= 0.3 is 0 Å². The van der Waals surface area contributed by atoms with E-state index in [2.05, 4.69) is 0 Å². The fraction of sp³-hybridized carbons (Fsp3) is 0.278. The van der Waals surface area contributed by atoms with Crippen molar-refractivity contribution in [2.45, 2.75) is 12.5 Å². The van der Waals surface area contributed by atoms with Gasteiger partial charge in [0.1, 0.15) is 4.32 Å². The highest BCUT2D eigenvalue weighted by Crippen LogP contribution is 2.45. The number of carbonyl (C=O) groups excluding carboxylic acids is 4. The van der Waals surface area contributed by atoms with Crippen LogP contribution in [0.5, 0.6) is 0 Å². The summed E-state index contributed by atoms with van der Waals surface area (Å²) in [6, 6.07) is 5.19. The van der Waals surface area contributed by atoms with Gasteiger partial charge in [-0.3, -0.25) is 14.5 Å². The molecule has 29 heavy (non-hydrogen) atoms. The minimum absolute atomic E-state index is 0.00339. The Morgan fingerprint density at radius 1 is 1.21 bits per heavy atom. The molecule has 1 saturated heterocycles. The molecule has 1 aromatic carbocycles. The molecule has 0 unspecified atom stereocenters. The number of carbonyl (C=O) groups is 4. The summed E-state index contributed by atoms with van der Waals surface area (Å²) in [5.74, 6) is -3.79. The fourth-order valence-electron chi connectivity index (χ4n) is 3.17. The van der Waals surface area contributed by atoms with Gasteiger partial charge in [0.15, 0.2) is 0 Å². The Bertz CT molecular complexity index is 961. The van der Waals surface area contributed by atoms with Crippen LogP contribution in [0.25, 0.3) is 5.57 Å². The number of thiocarbonyl (C=S) groups is 1. The second-order valence-electron chi connectivity index (χ2n) is 6.14. The van der Waals surface area contributed by atoms with Crippen LogP contribution in [0.4, 0.5) is 5.69 Å². The summed E-state index contributed by atoms with van der Waals surface area (Å²) in [5.41, 5.74) is 0.720. The van der Waals surface area contributed by atoms with Gasteiger partial charge in [-0.05, 0) is 24.5 Å². The maximum absolute atomic E-state index is 13.1. The van der Waals surface area contributed by atoms with E-state index in [1.165, 1.54) is 11.8 Å². The Kier molecular flexibility index (Phi) is 6.30. The summed E-state index contributed by atoms with van der Waals surface area (Å²) in [4.78, 5) is 50.6. The molecule has 0 aromatic heterocycles. The van der Waals surface area contributed by atoms with Crippen molar-refractivity contribution in [3.05, 3.63) is 34.7 Å². The van der Waals surface area contributed by atoms with Crippen LogP contribution in [-0.4, -0.2) is 57.6 Å². The normalized spacial score (nSPS) is 19.7. The number of thioether (sulfide) groups is 2. The number of benzene rings is 1. The third-order valence-electron chi connectivity index (χ3n) is 4.42. The lowest BCUT2D eigenvalue weighted by molar-refractivity contribution is -0.310. The average Bonchev–Trinajstić information content (AvgIpc) is 3.09. The molecule has 0 aliphatic carbocycles. The summed E-state index contributed by atoms with van der Waals surface area (Å²) in [6.07, 6.45) is 1.94. The van der Waals surface area contributed by atoms with Crippen LogP contribution in [0.15, 0.2) is 29.2 Å². The maximum Gasteiger partial charge on any atom is 0.267 e. The third-order valence-corrected chi connectivity index (χ3v) is 6.46. The molecular formula is C18H14N2O6S3-2. The number of nitrogens with zero attached hydrogens (tertiary/aromatic N) is 2. The molecule has 152 valence electrons. The van der Waals surface area contributed by atoms with Crippen LogP contribution < -0.4 is 15.1 Å². The smallest absolute Gasteiger partial charge is 0.267 e. The topological polar surface area (TPSA) is 121 Å². The molecule has 0 N–H and O–H groups in total. The molecule has 8 nitrogen and oxygen atoms in total. The first kappa shape index (κ1) is 21.3. The third kappa shape index (κ3) is 3.89. The first-order chi connectivity index (χ1) is 13.8. The molecule has 2 aliphatic heterocycles. The Morgan fingerprint density at radius 3 is 2.52 bits per heavy atom. The Balaban J connectivity index is 2.06. The van der Waals surface area contributed by atoms with Crippen molar-refractivity contribution >= 4 is 75.1 Å². The first-order valence-electron chi connectivity index (χ1n) is 8.38. The molecule has 0 radical (unpaired) electrons. The van der Waals surface area contributed by atoms with Crippen LogP contribution in [-0.2, 0) is 19.2 Å². The van der Waals surface area contributed by atoms with Crippen molar-refractivity contribution in [2.24, 2.45) is 0 Å². The Morgan fingerprint density at radius 2 is 1.90 bits per heavy atom. The second-order valence-corrected chi connectivity index (χ2v) is 8.77. The summed E-state index contributed by atoms with van der Waals surface area (Å²) < 4.78 is 0.0106. The van der Waals surface area contributed by atoms with Gasteiger partial charge < -0.3 is 24.7 Å². The van der Waals surface area contributed by atoms with Gasteiger partial charge in [0.05, 0.1) is 40.7 Å². The lowest BCUT2D eigenvalue weighted by Crippen LogP contribution is -2.50. The molecular weight excluding hydrogens is 436 g/mol. The van der Waals surface area contributed by atoms with Crippen LogP contribution in [0.2, 0.25) is 0 Å². The number of anilines is 1. The monoisotopic (exact) mass is 450 g/mol. The van der Waals surface area contributed by atoms with E-state index in [0.717, 1.165) is 21.6 Å². The molecule has 11 heteroatoms. The van der Waals surface area contributed by atoms with E-state index in [0.29, 0.717) is 17.0 Å². The number of para-hydroxylation sites is 1. The Labute approximate surface area is 179 Å². The quantitative estimate of drug-likeness (QED) is 0.389. The zero-order valence-corrected chi connectivity index (χ0v) is 17.5. The van der Waals surface area contributed by atoms with E-state index in [1.54, 1.807) is 30.5 Å². The number of aliphatic carboxylic acids is 2. The highest BCUT2D eigenvalue weighted by Gasteiger charge is 2.44. The zero-order valence-electron chi connectivity index (χ0n) is 15.1. The van der Waals surface area contributed by atoms with Gasteiger partial charge in [0.2, 0.25) is 0 Å². The largest absolute Gasteiger partial charge is 0.548 e. The van der Waals surface area contributed by atoms with Crippen molar-refractivity contribution in [2.75, 3.05) is 23.5 Å². The van der Waals surface area contributed by atoms with Gasteiger partial charge in [0.25, 0.3) is 11.8 Å². The highest BCUT2D eigenvalue weighted by atomic mass is 32.2. The number of amides is 2. The maximum atomic E-state index is 13.1. The van der Waals surface area contributed by atoms with Gasteiger partial charge in [-0.25, -0.2) is 0 Å². The first-order valence-corrected chi connectivity index (χ1v) is 11.0. The molecule has 3 rings (SSSR count). The lowest BCUT2D eigenvalue weighted by Gasteiger charge is -2.27. The van der Waals surface area contributed by atoms with Crippen LogP contribution >= 0.6 is 35.7 Å². The van der Waals surface area contributed by atoms with E-state index in [4.69, 9.17) is 12.2 Å². The molecule has 2 heterocycles. The molecule has 0 spiro atoms. The SMILES string of the molecule is CSCC[C@@H](C(=O)[O-])N1C(=O)/C(=C2\C(=O)N(CC(=O)[O-])c3ccccc32)SC1=S. The summed E-state index contributed by atoms with van der Waals surface area (Å²) >= 11 is 7.46. The lowest BCUT2D eigenvalue weighted by atomic mass is 10.1. The number of carboxylic acid groups (broad SMARTS) is 2. The summed E-state index contributed by atoms with van der Waals surface area (Å²) in [5, 5.41) is 22.7. The Hall–Kier alpha value is -2.37. The number of hydrogen-bond acceptors (Lipinski definition) is 9. The van der Waals surface area contributed by atoms with Gasteiger partial charge in [-0.2, -0.15) is 11.8 Å². The van der Waals surface area contributed by atoms with Gasteiger partial charge in [-0.15, -0.1) is 0 Å². The summed E-state index contributed by atoms with van der Waals surface area (Å²) in [7, 11) is 0. The van der Waals surface area contributed by atoms with E-state index < -0.39 is 36.3 Å². The molecule has 1 aromatic rings. The van der Waals surface area contributed by atoms with Crippen molar-refractivity contribution < 1.29 is 29.4 Å². The van der Waals surface area contributed by atoms with Crippen LogP contribution in [0, 0.1) is 0 Å². The minimum atomic E-state index is -1.45. The highest BCUT2D eigenvalue weighted by molar-refractivity contribution is 8.26. The van der Waals surface area contributed by atoms with E-state index in [1.807, 2.05) is 0 Å². The second kappa shape index (κ2) is 8.56. The number of fused-ring (bicyclic) bond motifs is 1. The van der Waals surface area contributed by atoms with E-state index in [-0.39, 0.29) is 21.2 Å². The molecule has 0 bridgehead atoms. The van der Waals surface area contributed by atoms with Gasteiger partial charge in [0, 0.05) is 5.56 Å². The fourth-order valence-corrected chi connectivity index (χ4v) is 5.05. The minimum Gasteiger partial charge on any atom is -0.548 e. The van der Waals surface area contributed by atoms with Crippen molar-refractivity contribution in [3.63, 3.8) is 0 Å². The molecule has 2 aliphatic rings. The molecule has 1 fully saturated rings. The van der Waals surface area contributed by atoms with Gasteiger partial charge in [-0.1, -0.05) is 42.2 Å². The number of rotatable bonds is 7. The predicted octanol–water partition coefficient (Wildman–Crippen LogP) is -0.774. The van der Waals surface area contributed by atoms with Crippen LogP contribution in [0.3, 0.4) is 0 Å². The predicted molar refractivity (Wildman–Crippen MR) is 110 cm³/mol. The number of carboxylic acids is 2. The average molecular weight is 451 g/mol. The van der Waals surface area contributed by atoms with Crippen molar-refractivity contribution in [1.29, 1.82) is 0 Å². The summed E-state index contributed by atoms with van der Waals surface area (Å²) in [6.45, 7) is -0.672. The van der Waals surface area contributed by atoms with Crippen LogP contribution in [0.1, 0.15) is 12.0 Å². The van der Waals surface area contributed by atoms with E-state index in [9.17, 15) is 29.4 Å². The standard InChI is InChI=1S/C18H16N2O6S3/c1-28-7-6-11(17(25)26)20-16(24)14(29-18(20)27)13-9-4-2-3-5-10(9)19(15(13)23)8-12(21)22/h2-5,11H,6-8H2,1H3,(H,21,22)(H,25,26)/p-2/b14-13+/t11-/m0/s1.